The number of hydrogen-bond donors (Lipinski definition) is 0. The van der Waals surface area contributed by atoms with Crippen molar-refractivity contribution in [3.63, 3.8) is 0 Å². The van der Waals surface area contributed by atoms with Crippen molar-refractivity contribution in [1.29, 1.82) is 0 Å². The number of fused-ring (bicyclic) bond motifs is 1. The van der Waals surface area contributed by atoms with Crippen molar-refractivity contribution in [3.8, 4) is 0 Å². The Bertz CT molecular complexity index is 699. The Labute approximate surface area is 135 Å². The first-order valence-corrected chi connectivity index (χ1v) is 8.30. The van der Waals surface area contributed by atoms with Crippen molar-refractivity contribution in [2.24, 2.45) is 5.41 Å². The van der Waals surface area contributed by atoms with Gasteiger partial charge in [0.05, 0.1) is 5.02 Å². The fourth-order valence-corrected chi connectivity index (χ4v) is 4.19. The van der Waals surface area contributed by atoms with Crippen molar-refractivity contribution in [1.82, 2.24) is 9.97 Å². The van der Waals surface area contributed by atoms with E-state index in [0.717, 1.165) is 54.5 Å². The van der Waals surface area contributed by atoms with Gasteiger partial charge in [0.25, 0.3) is 0 Å². The van der Waals surface area contributed by atoms with Crippen LogP contribution in [-0.4, -0.2) is 35.8 Å². The van der Waals surface area contributed by atoms with E-state index in [1.165, 1.54) is 6.42 Å². The molecule has 0 amide bonds. The third-order valence-corrected chi connectivity index (χ3v) is 5.45. The average Bonchev–Trinajstić information content (AvgIpc) is 2.84. The second kappa shape index (κ2) is 5.36. The van der Waals surface area contributed by atoms with Crippen LogP contribution in [0.15, 0.2) is 24.4 Å². The number of halogens is 1. The van der Waals surface area contributed by atoms with Crippen LogP contribution in [0, 0.1) is 5.41 Å². The molecule has 116 valence electrons. The zero-order valence-corrected chi connectivity index (χ0v) is 13.5. The lowest BCUT2D eigenvalue weighted by molar-refractivity contribution is 0.0242. The minimum atomic E-state index is 0.380. The molecule has 2 aromatic heterocycles. The molecule has 1 spiro atoms. The summed E-state index contributed by atoms with van der Waals surface area (Å²) in [7, 11) is 0. The standard InChI is InChI=1S/C17H20ClN3O/c1-12-10-17(4-7-22-8-5-17)11-21(12)15-9-14(18)13-3-2-6-19-16(13)20-15/h2-3,6,9,12H,4-5,7-8,10-11H2,1H3. The lowest BCUT2D eigenvalue weighted by Crippen LogP contribution is -2.33. The van der Waals surface area contributed by atoms with Crippen molar-refractivity contribution < 1.29 is 4.74 Å². The van der Waals surface area contributed by atoms with Crippen LogP contribution in [0.2, 0.25) is 5.02 Å². The summed E-state index contributed by atoms with van der Waals surface area (Å²) in [6.07, 6.45) is 5.26. The van der Waals surface area contributed by atoms with Crippen LogP contribution in [-0.2, 0) is 4.74 Å². The molecule has 0 N–H and O–H groups in total. The van der Waals surface area contributed by atoms with Gasteiger partial charge in [-0.25, -0.2) is 9.97 Å². The maximum atomic E-state index is 6.44. The molecule has 2 fully saturated rings. The summed E-state index contributed by atoms with van der Waals surface area (Å²) in [5.41, 5.74) is 1.11. The molecule has 0 aromatic carbocycles. The number of anilines is 1. The van der Waals surface area contributed by atoms with Crippen molar-refractivity contribution in [2.45, 2.75) is 32.2 Å². The summed E-state index contributed by atoms with van der Waals surface area (Å²) >= 11 is 6.44. The van der Waals surface area contributed by atoms with Gasteiger partial charge in [-0.05, 0) is 43.7 Å². The van der Waals surface area contributed by atoms with E-state index in [9.17, 15) is 0 Å². The summed E-state index contributed by atoms with van der Waals surface area (Å²) in [5, 5.41) is 1.65. The summed E-state index contributed by atoms with van der Waals surface area (Å²) < 4.78 is 5.54. The zero-order valence-electron chi connectivity index (χ0n) is 12.8. The lowest BCUT2D eigenvalue weighted by atomic mass is 9.78. The predicted molar refractivity (Wildman–Crippen MR) is 88.5 cm³/mol. The van der Waals surface area contributed by atoms with Crippen LogP contribution in [0.25, 0.3) is 11.0 Å². The van der Waals surface area contributed by atoms with Crippen LogP contribution >= 0.6 is 11.6 Å². The van der Waals surface area contributed by atoms with Gasteiger partial charge in [0.15, 0.2) is 5.65 Å². The molecule has 0 bridgehead atoms. The Kier molecular flexibility index (Phi) is 3.46. The van der Waals surface area contributed by atoms with E-state index in [1.807, 2.05) is 18.2 Å². The maximum Gasteiger partial charge on any atom is 0.163 e. The molecule has 2 aliphatic heterocycles. The Morgan fingerprint density at radius 1 is 1.36 bits per heavy atom. The van der Waals surface area contributed by atoms with Crippen LogP contribution in [0.1, 0.15) is 26.2 Å². The molecule has 1 unspecified atom stereocenters. The highest BCUT2D eigenvalue weighted by Gasteiger charge is 2.43. The molecule has 0 aliphatic carbocycles. The maximum absolute atomic E-state index is 6.44. The van der Waals surface area contributed by atoms with Gasteiger partial charge < -0.3 is 9.64 Å². The second-order valence-electron chi connectivity index (χ2n) is 6.63. The molecule has 22 heavy (non-hydrogen) atoms. The van der Waals surface area contributed by atoms with Gasteiger partial charge in [0.2, 0.25) is 0 Å². The Hall–Kier alpha value is -1.39. The topological polar surface area (TPSA) is 38.2 Å². The fourth-order valence-electron chi connectivity index (χ4n) is 3.94. The largest absolute Gasteiger partial charge is 0.381 e. The van der Waals surface area contributed by atoms with Gasteiger partial charge in [-0.3, -0.25) is 0 Å². The van der Waals surface area contributed by atoms with Gasteiger partial charge in [-0.2, -0.15) is 0 Å². The van der Waals surface area contributed by atoms with Gasteiger partial charge in [0.1, 0.15) is 5.82 Å². The third-order valence-electron chi connectivity index (χ3n) is 5.13. The SMILES string of the molecule is CC1CC2(CCOCC2)CN1c1cc(Cl)c2cccnc2n1. The molecule has 4 heterocycles. The molecule has 2 aromatic rings. The fraction of sp³-hybridized carbons (Fsp3) is 0.529. The highest BCUT2D eigenvalue weighted by molar-refractivity contribution is 6.35. The van der Waals surface area contributed by atoms with E-state index in [0.29, 0.717) is 11.5 Å². The summed E-state index contributed by atoms with van der Waals surface area (Å²) in [5.74, 6) is 0.951. The quantitative estimate of drug-likeness (QED) is 0.804. The van der Waals surface area contributed by atoms with E-state index < -0.39 is 0 Å². The van der Waals surface area contributed by atoms with Gasteiger partial charge >= 0.3 is 0 Å². The first-order valence-electron chi connectivity index (χ1n) is 7.93. The Balaban J connectivity index is 1.69. The second-order valence-corrected chi connectivity index (χ2v) is 7.04. The Morgan fingerprint density at radius 2 is 2.18 bits per heavy atom. The zero-order chi connectivity index (χ0) is 15.2. The van der Waals surface area contributed by atoms with E-state index in [-0.39, 0.29) is 0 Å². The van der Waals surface area contributed by atoms with Gasteiger partial charge in [0, 0.05) is 43.4 Å². The number of ether oxygens (including phenoxy) is 1. The van der Waals surface area contributed by atoms with Crippen LogP contribution in [0.3, 0.4) is 0 Å². The number of rotatable bonds is 1. The van der Waals surface area contributed by atoms with Crippen LogP contribution < -0.4 is 4.90 Å². The molecular weight excluding hydrogens is 298 g/mol. The minimum absolute atomic E-state index is 0.380. The van der Waals surface area contributed by atoms with Crippen LogP contribution in [0.4, 0.5) is 5.82 Å². The van der Waals surface area contributed by atoms with Crippen molar-refractivity contribution in [3.05, 3.63) is 29.4 Å². The highest BCUT2D eigenvalue weighted by Crippen LogP contribution is 2.44. The molecule has 5 heteroatoms. The monoisotopic (exact) mass is 317 g/mol. The lowest BCUT2D eigenvalue weighted by Gasteiger charge is -2.33. The number of pyridine rings is 2. The Morgan fingerprint density at radius 3 is 3.00 bits per heavy atom. The first kappa shape index (κ1) is 14.2. The molecule has 1 atom stereocenters. The molecule has 4 rings (SSSR count). The van der Waals surface area contributed by atoms with Gasteiger partial charge in [-0.1, -0.05) is 11.6 Å². The molecule has 4 nitrogen and oxygen atoms in total. The summed E-state index contributed by atoms with van der Waals surface area (Å²) in [6, 6.07) is 6.32. The first-order chi connectivity index (χ1) is 10.7. The van der Waals surface area contributed by atoms with E-state index in [1.54, 1.807) is 6.20 Å². The third kappa shape index (κ3) is 2.34. The number of nitrogens with zero attached hydrogens (tertiary/aromatic N) is 3. The molecular formula is C17H20ClN3O. The number of aromatic nitrogens is 2. The predicted octanol–water partition coefficient (Wildman–Crippen LogP) is 3.68. The summed E-state index contributed by atoms with van der Waals surface area (Å²) in [6.45, 7) is 5.09. The van der Waals surface area contributed by atoms with E-state index in [2.05, 4.69) is 16.8 Å². The van der Waals surface area contributed by atoms with Gasteiger partial charge in [-0.15, -0.1) is 0 Å². The molecule has 0 radical (unpaired) electrons. The van der Waals surface area contributed by atoms with Crippen molar-refractivity contribution in [2.75, 3.05) is 24.7 Å². The average molecular weight is 318 g/mol. The number of hydrogen-bond acceptors (Lipinski definition) is 4. The molecule has 2 aliphatic rings. The minimum Gasteiger partial charge on any atom is -0.381 e. The van der Waals surface area contributed by atoms with Crippen LogP contribution in [0.5, 0.6) is 0 Å². The normalized spacial score (nSPS) is 24.3. The highest BCUT2D eigenvalue weighted by atomic mass is 35.5. The molecule has 0 saturated carbocycles. The van der Waals surface area contributed by atoms with E-state index >= 15 is 0 Å². The molecule has 2 saturated heterocycles. The van der Waals surface area contributed by atoms with Crippen molar-refractivity contribution >= 4 is 28.5 Å². The summed E-state index contributed by atoms with van der Waals surface area (Å²) in [4.78, 5) is 11.5. The van der Waals surface area contributed by atoms with E-state index in [4.69, 9.17) is 21.3 Å². The smallest absolute Gasteiger partial charge is 0.163 e.